The Morgan fingerprint density at radius 1 is 1.09 bits per heavy atom. The number of ether oxygens (including phenoxy) is 1. The van der Waals surface area contributed by atoms with Gasteiger partial charge in [-0.1, -0.05) is 30.3 Å². The van der Waals surface area contributed by atoms with Crippen molar-refractivity contribution in [2.45, 2.75) is 64.9 Å². The largest absolute Gasteiger partial charge is 0.466 e. The fraction of sp³-hybridized carbons (Fsp3) is 0.367. The number of fused-ring (bicyclic) bond motifs is 4. The first-order valence-corrected chi connectivity index (χ1v) is 12.4. The summed E-state index contributed by atoms with van der Waals surface area (Å²) in [7, 11) is 0. The van der Waals surface area contributed by atoms with Gasteiger partial charge in [0.1, 0.15) is 0 Å². The number of rotatable bonds is 4. The van der Waals surface area contributed by atoms with Crippen LogP contribution in [0.25, 0.3) is 32.9 Å². The molecule has 0 spiro atoms. The van der Waals surface area contributed by atoms with Crippen molar-refractivity contribution < 1.29 is 14.6 Å². The fourth-order valence-electron chi connectivity index (χ4n) is 5.28. The van der Waals surface area contributed by atoms with Crippen LogP contribution in [0.5, 0.6) is 0 Å². The number of pyridine rings is 2. The molecule has 4 aromatic rings. The van der Waals surface area contributed by atoms with Gasteiger partial charge in [0.05, 0.1) is 29.7 Å². The summed E-state index contributed by atoms with van der Waals surface area (Å²) in [6.07, 6.45) is 3.41. The Morgan fingerprint density at radius 3 is 2.49 bits per heavy atom. The third kappa shape index (κ3) is 4.41. The summed E-state index contributed by atoms with van der Waals surface area (Å²) >= 11 is 0. The second-order valence-electron chi connectivity index (χ2n) is 10.5. The van der Waals surface area contributed by atoms with Crippen LogP contribution in [0.3, 0.4) is 0 Å². The molecule has 5 heteroatoms. The topological polar surface area (TPSA) is 72.3 Å². The van der Waals surface area contributed by atoms with Gasteiger partial charge in [-0.25, -0.2) is 0 Å². The van der Waals surface area contributed by atoms with Gasteiger partial charge in [-0.2, -0.15) is 0 Å². The van der Waals surface area contributed by atoms with E-state index in [4.69, 9.17) is 19.8 Å². The van der Waals surface area contributed by atoms with E-state index in [1.165, 1.54) is 22.9 Å². The Kier molecular flexibility index (Phi) is 5.84. The van der Waals surface area contributed by atoms with Crippen LogP contribution in [0.1, 0.15) is 68.3 Å². The molecule has 1 N–H and O–H groups in total. The summed E-state index contributed by atoms with van der Waals surface area (Å²) in [6, 6.07) is 14.8. The molecule has 0 bridgehead atoms. The Hall–Kier alpha value is -3.31. The van der Waals surface area contributed by atoms with E-state index in [-0.39, 0.29) is 12.4 Å². The van der Waals surface area contributed by atoms with Crippen LogP contribution in [0.2, 0.25) is 0 Å². The van der Waals surface area contributed by atoms with Crippen LogP contribution in [-0.4, -0.2) is 33.3 Å². The average Bonchev–Trinajstić information content (AvgIpc) is 3.52. The second-order valence-corrected chi connectivity index (χ2v) is 10.5. The summed E-state index contributed by atoms with van der Waals surface area (Å²) < 4.78 is 5.28. The number of nitrogens with zero attached hydrogens (tertiary/aromatic N) is 2. The number of aryl methyl sites for hydroxylation is 1. The third-order valence-electron chi connectivity index (χ3n) is 6.64. The van der Waals surface area contributed by atoms with Crippen molar-refractivity contribution in [2.24, 2.45) is 0 Å². The molecule has 2 aliphatic carbocycles. The van der Waals surface area contributed by atoms with E-state index in [9.17, 15) is 4.79 Å². The lowest BCUT2D eigenvalue weighted by molar-refractivity contribution is -0.142. The molecular weight excluding hydrogens is 436 g/mol. The number of hydrogen-bond acceptors (Lipinski definition) is 5. The smallest absolute Gasteiger partial charge is 0.310 e. The van der Waals surface area contributed by atoms with Gasteiger partial charge in [0, 0.05) is 28.2 Å². The molecule has 0 radical (unpaired) electrons. The number of aliphatic hydroxyl groups is 1. The minimum Gasteiger partial charge on any atom is -0.466 e. The van der Waals surface area contributed by atoms with Gasteiger partial charge in [0.15, 0.2) is 0 Å². The lowest BCUT2D eigenvalue weighted by atomic mass is 9.89. The molecule has 180 valence electrons. The van der Waals surface area contributed by atoms with E-state index in [0.717, 1.165) is 38.8 Å². The number of benzene rings is 2. The van der Waals surface area contributed by atoms with Crippen molar-refractivity contribution >= 4 is 27.8 Å². The second kappa shape index (κ2) is 8.72. The maximum absolute atomic E-state index is 12.4. The first kappa shape index (κ1) is 23.4. The van der Waals surface area contributed by atoms with Crippen molar-refractivity contribution in [2.75, 3.05) is 6.61 Å². The molecular formula is C30H32N2O3. The van der Waals surface area contributed by atoms with Gasteiger partial charge in [-0.05, 0) is 87.3 Å². The standard InChI is InChI=1S/C26H22N2O2.C4H10O/c1-3-30-23(29)13-19-14(2)28-22-7-5-4-6-17(22)24(19)18-9-8-15-20-12-21(20)16-10-11-27-26(18)25(15)16;1-4(2,3)5/h4-11,20-21H,3,12-13H2,1-2H3;5H,1-3H3. The number of para-hydroxylation sites is 1. The lowest BCUT2D eigenvalue weighted by Gasteiger charge is -2.18. The fourth-order valence-corrected chi connectivity index (χ4v) is 5.28. The summed E-state index contributed by atoms with van der Waals surface area (Å²) in [5.41, 5.74) is 8.27. The first-order chi connectivity index (χ1) is 16.7. The van der Waals surface area contributed by atoms with Gasteiger partial charge < -0.3 is 9.84 Å². The predicted octanol–water partition coefficient (Wildman–Crippen LogP) is 6.23. The normalized spacial score (nSPS) is 17.7. The molecule has 2 unspecified atom stereocenters. The van der Waals surface area contributed by atoms with Crippen molar-refractivity contribution in [3.63, 3.8) is 0 Å². The Morgan fingerprint density at radius 2 is 1.77 bits per heavy atom. The average molecular weight is 469 g/mol. The van der Waals surface area contributed by atoms with Gasteiger partial charge in [0.2, 0.25) is 0 Å². The van der Waals surface area contributed by atoms with Crippen LogP contribution in [-0.2, 0) is 16.0 Å². The third-order valence-corrected chi connectivity index (χ3v) is 6.64. The van der Waals surface area contributed by atoms with Gasteiger partial charge >= 0.3 is 5.97 Å². The number of hydrogen-bond donors (Lipinski definition) is 1. The zero-order valence-electron chi connectivity index (χ0n) is 21.1. The quantitative estimate of drug-likeness (QED) is 0.360. The zero-order valence-corrected chi connectivity index (χ0v) is 21.1. The Labute approximate surface area is 206 Å². The highest BCUT2D eigenvalue weighted by atomic mass is 16.5. The molecule has 1 fully saturated rings. The maximum atomic E-state index is 12.4. The molecule has 35 heavy (non-hydrogen) atoms. The van der Waals surface area contributed by atoms with Crippen LogP contribution in [0.4, 0.5) is 0 Å². The first-order valence-electron chi connectivity index (χ1n) is 12.4. The lowest BCUT2D eigenvalue weighted by Crippen LogP contribution is -2.11. The van der Waals surface area contributed by atoms with Crippen molar-refractivity contribution in [1.82, 2.24) is 9.97 Å². The van der Waals surface area contributed by atoms with Crippen molar-refractivity contribution in [3.05, 3.63) is 71.0 Å². The molecule has 0 amide bonds. The Balaban J connectivity index is 0.000000464. The molecule has 5 nitrogen and oxygen atoms in total. The highest BCUT2D eigenvalue weighted by molar-refractivity contribution is 6.07. The molecule has 2 aromatic carbocycles. The summed E-state index contributed by atoms with van der Waals surface area (Å²) in [5, 5.41) is 10.9. The molecule has 2 aliphatic rings. The molecule has 1 saturated carbocycles. The van der Waals surface area contributed by atoms with Crippen LogP contribution in [0.15, 0.2) is 48.7 Å². The Bertz CT molecular complexity index is 1430. The molecule has 2 aromatic heterocycles. The number of aromatic nitrogens is 2. The van der Waals surface area contributed by atoms with E-state index in [2.05, 4.69) is 24.3 Å². The van der Waals surface area contributed by atoms with Gasteiger partial charge in [-0.15, -0.1) is 0 Å². The number of esters is 1. The van der Waals surface area contributed by atoms with Crippen LogP contribution < -0.4 is 0 Å². The van der Waals surface area contributed by atoms with Crippen LogP contribution >= 0.6 is 0 Å². The highest BCUT2D eigenvalue weighted by Gasteiger charge is 2.47. The monoisotopic (exact) mass is 468 g/mol. The molecule has 2 heterocycles. The minimum absolute atomic E-state index is 0.209. The van der Waals surface area contributed by atoms with Crippen molar-refractivity contribution in [3.8, 4) is 11.1 Å². The minimum atomic E-state index is -0.500. The SMILES string of the molecule is CC(C)(C)O.CCOC(=O)Cc1c(C)nc2ccccc2c1-c1ccc2c3c(ccnc13)C1CC21. The van der Waals surface area contributed by atoms with E-state index in [0.29, 0.717) is 18.4 Å². The van der Waals surface area contributed by atoms with Gasteiger partial charge in [-0.3, -0.25) is 14.8 Å². The van der Waals surface area contributed by atoms with E-state index in [1.54, 1.807) is 20.8 Å². The highest BCUT2D eigenvalue weighted by Crippen LogP contribution is 2.63. The molecule has 0 saturated heterocycles. The van der Waals surface area contributed by atoms with Crippen molar-refractivity contribution in [1.29, 1.82) is 0 Å². The summed E-state index contributed by atoms with van der Waals surface area (Å²) in [4.78, 5) is 22.1. The van der Waals surface area contributed by atoms with E-state index in [1.807, 2.05) is 38.2 Å². The summed E-state index contributed by atoms with van der Waals surface area (Å²) in [5.74, 6) is 1.10. The van der Waals surface area contributed by atoms with E-state index < -0.39 is 5.60 Å². The zero-order chi connectivity index (χ0) is 24.9. The maximum Gasteiger partial charge on any atom is 0.310 e. The molecule has 2 atom stereocenters. The van der Waals surface area contributed by atoms with Gasteiger partial charge in [0.25, 0.3) is 0 Å². The number of carbonyl (C=O) groups is 1. The van der Waals surface area contributed by atoms with Crippen LogP contribution in [0, 0.1) is 6.92 Å². The van der Waals surface area contributed by atoms with E-state index >= 15 is 0 Å². The summed E-state index contributed by atoms with van der Waals surface area (Å²) in [6.45, 7) is 9.42. The molecule has 0 aliphatic heterocycles. The number of carbonyl (C=O) groups excluding carboxylic acids is 1. The molecule has 6 rings (SSSR count). The predicted molar refractivity (Wildman–Crippen MR) is 140 cm³/mol.